The second kappa shape index (κ2) is 9.26. The SMILES string of the molecule is O=C(CC1CCCCC1)N1CCC2(CC1)CC(CCOCC1CC1)CCO2. The summed E-state index contributed by atoms with van der Waals surface area (Å²) in [5, 5.41) is 0. The summed E-state index contributed by atoms with van der Waals surface area (Å²) in [4.78, 5) is 14.8. The van der Waals surface area contributed by atoms with Crippen LogP contribution in [0.2, 0.25) is 0 Å². The van der Waals surface area contributed by atoms with E-state index in [1.54, 1.807) is 0 Å². The van der Waals surface area contributed by atoms with Gasteiger partial charge in [-0.25, -0.2) is 0 Å². The fourth-order valence-electron chi connectivity index (χ4n) is 5.44. The average molecular weight is 378 g/mol. The van der Waals surface area contributed by atoms with Gasteiger partial charge in [0.15, 0.2) is 0 Å². The Bertz CT molecular complexity index is 476. The molecule has 4 aliphatic rings. The fourth-order valence-corrected chi connectivity index (χ4v) is 5.44. The Morgan fingerprint density at radius 3 is 2.48 bits per heavy atom. The number of hydrogen-bond donors (Lipinski definition) is 0. The number of nitrogens with zero attached hydrogens (tertiary/aromatic N) is 1. The Labute approximate surface area is 165 Å². The van der Waals surface area contributed by atoms with Gasteiger partial charge >= 0.3 is 0 Å². The van der Waals surface area contributed by atoms with Crippen LogP contribution in [0.1, 0.15) is 83.5 Å². The highest BCUT2D eigenvalue weighted by atomic mass is 16.5. The van der Waals surface area contributed by atoms with Crippen molar-refractivity contribution in [2.75, 3.05) is 32.9 Å². The number of carbonyl (C=O) groups excluding carboxylic acids is 1. The molecule has 2 saturated carbocycles. The van der Waals surface area contributed by atoms with Crippen LogP contribution >= 0.6 is 0 Å². The van der Waals surface area contributed by atoms with Gasteiger partial charge in [-0.05, 0) is 75.5 Å². The second-order valence-electron chi connectivity index (χ2n) is 9.79. The molecule has 2 heterocycles. The Morgan fingerprint density at radius 1 is 0.963 bits per heavy atom. The smallest absolute Gasteiger partial charge is 0.222 e. The molecule has 4 fully saturated rings. The van der Waals surface area contributed by atoms with E-state index in [9.17, 15) is 4.79 Å². The van der Waals surface area contributed by atoms with Gasteiger partial charge in [0.1, 0.15) is 0 Å². The van der Waals surface area contributed by atoms with Gasteiger partial charge < -0.3 is 14.4 Å². The molecule has 4 nitrogen and oxygen atoms in total. The molecule has 2 aliphatic heterocycles. The summed E-state index contributed by atoms with van der Waals surface area (Å²) in [7, 11) is 0. The molecule has 1 spiro atoms. The number of rotatable bonds is 7. The van der Waals surface area contributed by atoms with E-state index in [4.69, 9.17) is 9.47 Å². The molecule has 0 aromatic rings. The van der Waals surface area contributed by atoms with Crippen LogP contribution in [0.3, 0.4) is 0 Å². The van der Waals surface area contributed by atoms with E-state index in [2.05, 4.69) is 4.90 Å². The summed E-state index contributed by atoms with van der Waals surface area (Å²) in [6.45, 7) is 4.59. The first-order valence-corrected chi connectivity index (χ1v) is 11.7. The lowest BCUT2D eigenvalue weighted by Gasteiger charge is -2.46. The molecule has 1 amide bonds. The van der Waals surface area contributed by atoms with E-state index >= 15 is 0 Å². The largest absolute Gasteiger partial charge is 0.381 e. The average Bonchev–Trinajstić information content (AvgIpc) is 3.51. The molecule has 1 unspecified atom stereocenters. The monoisotopic (exact) mass is 377 g/mol. The zero-order valence-electron chi connectivity index (χ0n) is 17.1. The minimum Gasteiger partial charge on any atom is -0.381 e. The van der Waals surface area contributed by atoms with Crippen molar-refractivity contribution in [2.45, 2.75) is 89.1 Å². The van der Waals surface area contributed by atoms with Crippen LogP contribution in [-0.2, 0) is 14.3 Å². The number of ether oxygens (including phenoxy) is 2. The first-order chi connectivity index (χ1) is 13.2. The summed E-state index contributed by atoms with van der Waals surface area (Å²) >= 11 is 0. The molecule has 1 atom stereocenters. The van der Waals surface area contributed by atoms with Gasteiger partial charge in [-0.15, -0.1) is 0 Å². The fraction of sp³-hybridized carbons (Fsp3) is 0.957. The number of likely N-dealkylation sites (tertiary alicyclic amines) is 1. The Kier molecular flexibility index (Phi) is 6.75. The van der Waals surface area contributed by atoms with E-state index in [0.717, 1.165) is 64.0 Å². The van der Waals surface area contributed by atoms with Crippen LogP contribution in [0.5, 0.6) is 0 Å². The second-order valence-corrected chi connectivity index (χ2v) is 9.79. The van der Waals surface area contributed by atoms with E-state index in [1.807, 2.05) is 0 Å². The molecule has 0 N–H and O–H groups in total. The van der Waals surface area contributed by atoms with Crippen molar-refractivity contribution in [1.82, 2.24) is 4.90 Å². The van der Waals surface area contributed by atoms with Crippen molar-refractivity contribution in [3.05, 3.63) is 0 Å². The summed E-state index contributed by atoms with van der Waals surface area (Å²) in [6, 6.07) is 0. The van der Waals surface area contributed by atoms with Crippen LogP contribution in [0.25, 0.3) is 0 Å². The van der Waals surface area contributed by atoms with Crippen LogP contribution in [0, 0.1) is 17.8 Å². The van der Waals surface area contributed by atoms with E-state index < -0.39 is 0 Å². The minimum absolute atomic E-state index is 0.0427. The van der Waals surface area contributed by atoms with Crippen LogP contribution in [0.4, 0.5) is 0 Å². The van der Waals surface area contributed by atoms with Crippen molar-refractivity contribution >= 4 is 5.91 Å². The van der Waals surface area contributed by atoms with Gasteiger partial charge in [-0.2, -0.15) is 0 Å². The summed E-state index contributed by atoms with van der Waals surface area (Å²) < 4.78 is 12.2. The first-order valence-electron chi connectivity index (χ1n) is 11.7. The quantitative estimate of drug-likeness (QED) is 0.611. The van der Waals surface area contributed by atoms with Gasteiger partial charge in [0.25, 0.3) is 0 Å². The summed E-state index contributed by atoms with van der Waals surface area (Å²) in [6.07, 6.45) is 15.6. The lowest BCUT2D eigenvalue weighted by atomic mass is 9.78. The zero-order chi connectivity index (χ0) is 18.5. The molecule has 154 valence electrons. The summed E-state index contributed by atoms with van der Waals surface area (Å²) in [5.41, 5.74) is 0.0427. The van der Waals surface area contributed by atoms with E-state index in [0.29, 0.717) is 11.8 Å². The molecule has 0 bridgehead atoms. The lowest BCUT2D eigenvalue weighted by molar-refractivity contribution is -0.148. The van der Waals surface area contributed by atoms with Crippen molar-refractivity contribution < 1.29 is 14.3 Å². The van der Waals surface area contributed by atoms with E-state index in [1.165, 1.54) is 64.2 Å². The van der Waals surface area contributed by atoms with Crippen molar-refractivity contribution in [2.24, 2.45) is 17.8 Å². The van der Waals surface area contributed by atoms with Gasteiger partial charge in [-0.3, -0.25) is 4.79 Å². The molecular formula is C23H39NO3. The van der Waals surface area contributed by atoms with Crippen LogP contribution < -0.4 is 0 Å². The molecule has 0 aromatic carbocycles. The summed E-state index contributed by atoms with van der Waals surface area (Å²) in [5.74, 6) is 2.65. The van der Waals surface area contributed by atoms with Crippen molar-refractivity contribution in [1.29, 1.82) is 0 Å². The van der Waals surface area contributed by atoms with Gasteiger partial charge in [0.2, 0.25) is 5.91 Å². The lowest BCUT2D eigenvalue weighted by Crippen LogP contribution is -2.51. The molecule has 2 aliphatic carbocycles. The Balaban J connectivity index is 1.18. The van der Waals surface area contributed by atoms with Crippen LogP contribution in [-0.4, -0.2) is 49.3 Å². The predicted molar refractivity (Wildman–Crippen MR) is 107 cm³/mol. The van der Waals surface area contributed by atoms with Gasteiger partial charge in [0, 0.05) is 39.3 Å². The molecule has 4 rings (SSSR count). The van der Waals surface area contributed by atoms with E-state index in [-0.39, 0.29) is 5.60 Å². The molecule has 27 heavy (non-hydrogen) atoms. The topological polar surface area (TPSA) is 38.8 Å². The highest BCUT2D eigenvalue weighted by Gasteiger charge is 2.41. The number of piperidine rings is 1. The Morgan fingerprint density at radius 2 is 1.74 bits per heavy atom. The third-order valence-electron chi connectivity index (χ3n) is 7.53. The maximum absolute atomic E-state index is 12.7. The molecule has 2 saturated heterocycles. The number of hydrogen-bond acceptors (Lipinski definition) is 3. The predicted octanol–water partition coefficient (Wildman–Crippen LogP) is 4.56. The highest BCUT2D eigenvalue weighted by molar-refractivity contribution is 5.76. The molecule has 4 heteroatoms. The van der Waals surface area contributed by atoms with Crippen LogP contribution in [0.15, 0.2) is 0 Å². The first kappa shape index (κ1) is 19.7. The normalized spacial score (nSPS) is 29.2. The van der Waals surface area contributed by atoms with Gasteiger partial charge in [-0.1, -0.05) is 19.3 Å². The maximum Gasteiger partial charge on any atom is 0.222 e. The number of amides is 1. The maximum atomic E-state index is 12.7. The minimum atomic E-state index is 0.0427. The zero-order valence-corrected chi connectivity index (χ0v) is 17.1. The molecule has 0 radical (unpaired) electrons. The van der Waals surface area contributed by atoms with Crippen molar-refractivity contribution in [3.63, 3.8) is 0 Å². The standard InChI is InChI=1S/C23H39NO3/c25-22(16-19-4-2-1-3-5-19)24-12-10-23(11-13-24)17-20(9-15-27-23)8-14-26-18-21-6-7-21/h19-21H,1-18H2. The third kappa shape index (κ3) is 5.69. The Hall–Kier alpha value is -0.610. The third-order valence-corrected chi connectivity index (χ3v) is 7.53. The highest BCUT2D eigenvalue weighted by Crippen LogP contribution is 2.39. The number of carbonyl (C=O) groups is 1. The molecular weight excluding hydrogens is 338 g/mol. The van der Waals surface area contributed by atoms with Crippen molar-refractivity contribution in [3.8, 4) is 0 Å². The van der Waals surface area contributed by atoms with Gasteiger partial charge in [0.05, 0.1) is 5.60 Å². The molecule has 0 aromatic heterocycles.